The monoisotopic (exact) mass is 471 g/mol. The fraction of sp³-hybridized carbons (Fsp3) is 0.391. The van der Waals surface area contributed by atoms with E-state index >= 15 is 0 Å². The molecule has 0 bridgehead atoms. The van der Waals surface area contributed by atoms with Gasteiger partial charge in [-0.3, -0.25) is 9.48 Å². The standard InChI is InChI=1S/C23H30FN7O3/c1-5-6-18(13(2)25)28-22-17(24)12-16(20(26)32)21(29-22)27-14-7-8-19-15(11-14)23(34-4)30-31(19)9-10-33-3/h7-8,11-12,18,25H,5-6,9-10H2,1-4H3,(H2,26,32)(H2,27,28,29). The molecule has 0 aliphatic carbocycles. The first kappa shape index (κ1) is 24.9. The smallest absolute Gasteiger partial charge is 0.252 e. The zero-order chi connectivity index (χ0) is 24.8. The second-order valence-corrected chi connectivity index (χ2v) is 7.83. The van der Waals surface area contributed by atoms with Gasteiger partial charge < -0.3 is 31.3 Å². The number of benzene rings is 1. The molecule has 2 heterocycles. The highest BCUT2D eigenvalue weighted by Gasteiger charge is 2.20. The third-order valence-electron chi connectivity index (χ3n) is 5.33. The van der Waals surface area contributed by atoms with Crippen LogP contribution < -0.4 is 21.1 Å². The van der Waals surface area contributed by atoms with E-state index in [1.165, 1.54) is 7.11 Å². The average molecular weight is 472 g/mol. The maximum absolute atomic E-state index is 14.7. The number of rotatable bonds is 12. The lowest BCUT2D eigenvalue weighted by atomic mass is 10.1. The summed E-state index contributed by atoms with van der Waals surface area (Å²) in [5.74, 6) is -1.08. The lowest BCUT2D eigenvalue weighted by Gasteiger charge is -2.19. The molecule has 2 aromatic heterocycles. The molecule has 10 nitrogen and oxygen atoms in total. The lowest BCUT2D eigenvalue weighted by Crippen LogP contribution is -2.28. The lowest BCUT2D eigenvalue weighted by molar-refractivity contribution is 0.100. The first-order chi connectivity index (χ1) is 16.3. The number of hydrogen-bond donors (Lipinski definition) is 4. The minimum atomic E-state index is -0.820. The van der Waals surface area contributed by atoms with E-state index in [0.29, 0.717) is 36.9 Å². The quantitative estimate of drug-likeness (QED) is 0.295. The molecule has 0 saturated heterocycles. The van der Waals surface area contributed by atoms with Gasteiger partial charge in [0.1, 0.15) is 5.82 Å². The van der Waals surface area contributed by atoms with Crippen LogP contribution in [0, 0.1) is 11.2 Å². The van der Waals surface area contributed by atoms with E-state index in [4.69, 9.17) is 20.6 Å². The highest BCUT2D eigenvalue weighted by Crippen LogP contribution is 2.30. The summed E-state index contributed by atoms with van der Waals surface area (Å²) in [5.41, 5.74) is 7.17. The predicted molar refractivity (Wildman–Crippen MR) is 130 cm³/mol. The second-order valence-electron chi connectivity index (χ2n) is 7.83. The Morgan fingerprint density at radius 3 is 2.68 bits per heavy atom. The normalized spacial score (nSPS) is 11.9. The summed E-state index contributed by atoms with van der Waals surface area (Å²) >= 11 is 0. The summed E-state index contributed by atoms with van der Waals surface area (Å²) in [7, 11) is 3.15. The average Bonchev–Trinajstić information content (AvgIpc) is 3.15. The van der Waals surface area contributed by atoms with Crippen molar-refractivity contribution in [3.8, 4) is 5.88 Å². The highest BCUT2D eigenvalue weighted by atomic mass is 19.1. The van der Waals surface area contributed by atoms with Crippen molar-refractivity contribution < 1.29 is 18.7 Å². The molecular formula is C23H30FN7O3. The Kier molecular flexibility index (Phi) is 8.00. The number of aromatic nitrogens is 3. The molecule has 1 aromatic carbocycles. The van der Waals surface area contributed by atoms with Gasteiger partial charge in [0.25, 0.3) is 5.91 Å². The van der Waals surface area contributed by atoms with Crippen LogP contribution in [-0.2, 0) is 11.3 Å². The number of nitrogens with zero attached hydrogens (tertiary/aromatic N) is 3. The third-order valence-corrected chi connectivity index (χ3v) is 5.33. The fourth-order valence-corrected chi connectivity index (χ4v) is 3.59. The van der Waals surface area contributed by atoms with Gasteiger partial charge in [0.15, 0.2) is 11.6 Å². The number of halogens is 1. The van der Waals surface area contributed by atoms with Crippen LogP contribution in [0.3, 0.4) is 0 Å². The molecule has 1 amide bonds. The van der Waals surface area contributed by atoms with Crippen LogP contribution in [0.5, 0.6) is 5.88 Å². The Labute approximate surface area is 197 Å². The minimum absolute atomic E-state index is 0.0661. The molecule has 182 valence electrons. The number of anilines is 3. The largest absolute Gasteiger partial charge is 0.479 e. The van der Waals surface area contributed by atoms with Gasteiger partial charge in [-0.2, -0.15) is 0 Å². The Hall–Kier alpha value is -3.73. The van der Waals surface area contributed by atoms with Crippen LogP contribution in [0.4, 0.5) is 21.7 Å². The van der Waals surface area contributed by atoms with Gasteiger partial charge in [0.2, 0.25) is 5.88 Å². The van der Waals surface area contributed by atoms with Gasteiger partial charge in [0.05, 0.1) is 42.8 Å². The molecule has 0 saturated carbocycles. The molecule has 1 atom stereocenters. The first-order valence-electron chi connectivity index (χ1n) is 10.9. The van der Waals surface area contributed by atoms with Crippen molar-refractivity contribution in [1.29, 1.82) is 5.41 Å². The van der Waals surface area contributed by atoms with E-state index in [9.17, 15) is 9.18 Å². The number of amides is 1. The second kappa shape index (κ2) is 10.9. The third kappa shape index (κ3) is 5.42. The Morgan fingerprint density at radius 2 is 2.06 bits per heavy atom. The van der Waals surface area contributed by atoms with E-state index < -0.39 is 11.7 Å². The number of nitrogens with one attached hydrogen (secondary N) is 3. The Balaban J connectivity index is 2.00. The Bertz CT molecular complexity index is 1200. The summed E-state index contributed by atoms with van der Waals surface area (Å²) in [4.78, 5) is 16.3. The zero-order valence-corrected chi connectivity index (χ0v) is 19.7. The summed E-state index contributed by atoms with van der Waals surface area (Å²) in [6.45, 7) is 4.67. The molecule has 3 rings (SSSR count). The number of hydrogen-bond acceptors (Lipinski definition) is 8. The van der Waals surface area contributed by atoms with Crippen molar-refractivity contribution in [3.63, 3.8) is 0 Å². The van der Waals surface area contributed by atoms with Crippen LogP contribution in [-0.4, -0.2) is 53.3 Å². The number of carbonyl (C=O) groups is 1. The van der Waals surface area contributed by atoms with Gasteiger partial charge in [-0.25, -0.2) is 9.37 Å². The van der Waals surface area contributed by atoms with Crippen molar-refractivity contribution in [2.45, 2.75) is 39.3 Å². The maximum Gasteiger partial charge on any atom is 0.252 e. The van der Waals surface area contributed by atoms with E-state index in [1.54, 1.807) is 30.8 Å². The van der Waals surface area contributed by atoms with Crippen LogP contribution in [0.25, 0.3) is 10.9 Å². The Morgan fingerprint density at radius 1 is 1.29 bits per heavy atom. The van der Waals surface area contributed by atoms with Crippen molar-refractivity contribution in [2.24, 2.45) is 5.73 Å². The van der Waals surface area contributed by atoms with Crippen molar-refractivity contribution in [3.05, 3.63) is 35.6 Å². The van der Waals surface area contributed by atoms with E-state index in [-0.39, 0.29) is 23.2 Å². The molecule has 1 unspecified atom stereocenters. The number of pyridine rings is 1. The van der Waals surface area contributed by atoms with Crippen molar-refractivity contribution in [1.82, 2.24) is 14.8 Å². The van der Waals surface area contributed by atoms with Crippen LogP contribution in [0.15, 0.2) is 24.3 Å². The molecule has 5 N–H and O–H groups in total. The summed E-state index contributed by atoms with van der Waals surface area (Å²) in [5, 5.41) is 19.2. The van der Waals surface area contributed by atoms with Crippen molar-refractivity contribution in [2.75, 3.05) is 31.5 Å². The van der Waals surface area contributed by atoms with Gasteiger partial charge in [-0.05, 0) is 37.6 Å². The maximum atomic E-state index is 14.7. The topological polar surface area (TPSA) is 140 Å². The van der Waals surface area contributed by atoms with Crippen LogP contribution in [0.1, 0.15) is 37.0 Å². The van der Waals surface area contributed by atoms with Crippen LogP contribution in [0.2, 0.25) is 0 Å². The number of methoxy groups -OCH3 is 2. The summed E-state index contributed by atoms with van der Waals surface area (Å²) < 4.78 is 27.1. The molecule has 34 heavy (non-hydrogen) atoms. The summed E-state index contributed by atoms with van der Waals surface area (Å²) in [6, 6.07) is 6.11. The van der Waals surface area contributed by atoms with Crippen LogP contribution >= 0.6 is 0 Å². The van der Waals surface area contributed by atoms with E-state index in [0.717, 1.165) is 23.4 Å². The van der Waals surface area contributed by atoms with Gasteiger partial charge in [0, 0.05) is 18.5 Å². The predicted octanol–water partition coefficient (Wildman–Crippen LogP) is 3.69. The number of carbonyl (C=O) groups excluding carboxylic acids is 1. The molecule has 11 heteroatoms. The van der Waals surface area contributed by atoms with Crippen molar-refractivity contribution >= 4 is 39.8 Å². The summed E-state index contributed by atoms with van der Waals surface area (Å²) in [6.07, 6.45) is 1.44. The van der Waals surface area contributed by atoms with E-state index in [2.05, 4.69) is 20.7 Å². The molecule has 0 fully saturated rings. The number of nitrogens with two attached hydrogens (primary N) is 1. The highest BCUT2D eigenvalue weighted by molar-refractivity contribution is 5.99. The molecule has 3 aromatic rings. The molecular weight excluding hydrogens is 441 g/mol. The number of primary amides is 1. The van der Waals surface area contributed by atoms with E-state index in [1.807, 2.05) is 13.0 Å². The minimum Gasteiger partial charge on any atom is -0.479 e. The first-order valence-corrected chi connectivity index (χ1v) is 10.9. The number of ether oxygens (including phenoxy) is 2. The molecule has 0 aliphatic heterocycles. The molecule has 0 aliphatic rings. The SMILES string of the molecule is CCCC(Nc1nc(Nc2ccc3c(c2)c(OC)nn3CCOC)c(C(N)=O)cc1F)C(C)=N. The fourth-order valence-electron chi connectivity index (χ4n) is 3.59. The van der Waals surface area contributed by atoms with Gasteiger partial charge >= 0.3 is 0 Å². The molecule has 0 spiro atoms. The zero-order valence-electron chi connectivity index (χ0n) is 19.7. The van der Waals surface area contributed by atoms with Gasteiger partial charge in [-0.15, -0.1) is 5.10 Å². The molecule has 0 radical (unpaired) electrons. The van der Waals surface area contributed by atoms with Gasteiger partial charge in [-0.1, -0.05) is 13.3 Å². The number of fused-ring (bicyclic) bond motifs is 1.